The fourth-order valence-corrected chi connectivity index (χ4v) is 2.21. The van der Waals surface area contributed by atoms with Crippen molar-refractivity contribution < 1.29 is 18.3 Å². The van der Waals surface area contributed by atoms with E-state index in [9.17, 15) is 13.2 Å². The van der Waals surface area contributed by atoms with Crippen molar-refractivity contribution in [1.29, 1.82) is 0 Å². The number of anilines is 1. The van der Waals surface area contributed by atoms with Gasteiger partial charge in [-0.15, -0.1) is 0 Å². The Morgan fingerprint density at radius 3 is 2.38 bits per heavy atom. The zero-order chi connectivity index (χ0) is 12.5. The number of hydrogen-bond donors (Lipinski definition) is 1. The number of carbonyl (C=O) groups is 1. The van der Waals surface area contributed by atoms with E-state index in [-0.39, 0.29) is 5.56 Å². The molecule has 0 atom stereocenters. The van der Waals surface area contributed by atoms with Crippen LogP contribution in [-0.2, 0) is 10.0 Å². The zero-order valence-electron chi connectivity index (χ0n) is 8.64. The topological polar surface area (TPSA) is 74.7 Å². The Morgan fingerprint density at radius 2 is 1.94 bits per heavy atom. The monoisotopic (exact) mass is 355 g/mol. The Kier molecular flexibility index (Phi) is 3.79. The Balaban J connectivity index is 3.31. The first-order valence-corrected chi connectivity index (χ1v) is 7.12. The fraction of sp³-hybridized carbons (Fsp3) is 0.222. The quantitative estimate of drug-likeness (QED) is 0.832. The van der Waals surface area contributed by atoms with Crippen LogP contribution in [0.15, 0.2) is 18.2 Å². The van der Waals surface area contributed by atoms with Crippen molar-refractivity contribution >= 4 is 44.3 Å². The lowest BCUT2D eigenvalue weighted by atomic mass is 10.2. The second-order valence-corrected chi connectivity index (χ2v) is 6.49. The molecular weight excluding hydrogens is 345 g/mol. The van der Waals surface area contributed by atoms with E-state index in [4.69, 9.17) is 5.11 Å². The molecule has 0 amide bonds. The van der Waals surface area contributed by atoms with Crippen molar-refractivity contribution in [2.45, 2.75) is 0 Å². The minimum Gasteiger partial charge on any atom is -0.478 e. The van der Waals surface area contributed by atoms with Gasteiger partial charge in [0.05, 0.1) is 17.5 Å². The Labute approximate surface area is 107 Å². The van der Waals surface area contributed by atoms with Gasteiger partial charge in [-0.1, -0.05) is 0 Å². The third-order valence-electron chi connectivity index (χ3n) is 1.99. The molecule has 0 spiro atoms. The molecule has 5 nitrogen and oxygen atoms in total. The second kappa shape index (κ2) is 4.58. The summed E-state index contributed by atoms with van der Waals surface area (Å²) in [7, 11) is -2.00. The van der Waals surface area contributed by atoms with E-state index in [0.717, 1.165) is 10.6 Å². The maximum Gasteiger partial charge on any atom is 0.335 e. The fourth-order valence-electron chi connectivity index (χ4n) is 1.07. The van der Waals surface area contributed by atoms with Crippen molar-refractivity contribution in [3.8, 4) is 0 Å². The van der Waals surface area contributed by atoms with Gasteiger partial charge in [0.1, 0.15) is 0 Å². The first-order valence-electron chi connectivity index (χ1n) is 4.19. The summed E-state index contributed by atoms with van der Waals surface area (Å²) >= 11 is 1.94. The van der Waals surface area contributed by atoms with Crippen LogP contribution in [0.1, 0.15) is 10.4 Å². The number of rotatable bonds is 3. The largest absolute Gasteiger partial charge is 0.478 e. The number of carboxylic acids is 1. The predicted molar refractivity (Wildman–Crippen MR) is 69.4 cm³/mol. The highest BCUT2D eigenvalue weighted by Crippen LogP contribution is 2.21. The molecule has 0 radical (unpaired) electrons. The molecular formula is C9H10INO4S. The molecule has 0 fully saturated rings. The maximum absolute atomic E-state index is 11.3. The SMILES string of the molecule is CN(c1cc(I)cc(C(=O)O)c1)S(C)(=O)=O. The molecule has 0 saturated carbocycles. The Morgan fingerprint density at radius 1 is 1.38 bits per heavy atom. The lowest BCUT2D eigenvalue weighted by Crippen LogP contribution is -2.25. The number of nitrogens with zero attached hydrogens (tertiary/aromatic N) is 1. The summed E-state index contributed by atoms with van der Waals surface area (Å²) < 4.78 is 24.3. The van der Waals surface area contributed by atoms with E-state index >= 15 is 0 Å². The van der Waals surface area contributed by atoms with Gasteiger partial charge in [0.25, 0.3) is 0 Å². The van der Waals surface area contributed by atoms with Gasteiger partial charge in [-0.3, -0.25) is 4.31 Å². The van der Waals surface area contributed by atoms with E-state index < -0.39 is 16.0 Å². The molecule has 0 saturated heterocycles. The van der Waals surface area contributed by atoms with Crippen molar-refractivity contribution in [3.05, 3.63) is 27.3 Å². The highest BCUT2D eigenvalue weighted by atomic mass is 127. The minimum atomic E-state index is -3.38. The van der Waals surface area contributed by atoms with Crippen LogP contribution in [0.3, 0.4) is 0 Å². The van der Waals surface area contributed by atoms with Gasteiger partial charge in [0.2, 0.25) is 10.0 Å². The molecule has 0 aromatic heterocycles. The molecule has 88 valence electrons. The van der Waals surface area contributed by atoms with Gasteiger partial charge in [0.15, 0.2) is 0 Å². The van der Waals surface area contributed by atoms with Crippen LogP contribution in [0.25, 0.3) is 0 Å². The molecule has 1 N–H and O–H groups in total. The molecule has 0 heterocycles. The molecule has 0 bridgehead atoms. The van der Waals surface area contributed by atoms with Crippen LogP contribution >= 0.6 is 22.6 Å². The van der Waals surface area contributed by atoms with Crippen molar-refractivity contribution in [2.24, 2.45) is 0 Å². The van der Waals surface area contributed by atoms with E-state index in [1.807, 2.05) is 22.6 Å². The van der Waals surface area contributed by atoms with Gasteiger partial charge in [-0.05, 0) is 40.8 Å². The van der Waals surface area contributed by atoms with Gasteiger partial charge in [0, 0.05) is 10.6 Å². The molecule has 0 aliphatic carbocycles. The third-order valence-corrected chi connectivity index (χ3v) is 3.82. The molecule has 1 aromatic rings. The van der Waals surface area contributed by atoms with Gasteiger partial charge < -0.3 is 5.11 Å². The van der Waals surface area contributed by atoms with Crippen molar-refractivity contribution in [3.63, 3.8) is 0 Å². The number of benzene rings is 1. The molecule has 0 unspecified atom stereocenters. The first-order chi connectivity index (χ1) is 7.21. The van der Waals surface area contributed by atoms with E-state index in [1.165, 1.54) is 19.2 Å². The van der Waals surface area contributed by atoms with Crippen LogP contribution in [0.5, 0.6) is 0 Å². The Bertz CT molecular complexity index is 526. The van der Waals surface area contributed by atoms with Crippen molar-refractivity contribution in [2.75, 3.05) is 17.6 Å². The van der Waals surface area contributed by atoms with Crippen LogP contribution < -0.4 is 4.31 Å². The molecule has 1 aromatic carbocycles. The van der Waals surface area contributed by atoms with Crippen molar-refractivity contribution in [1.82, 2.24) is 0 Å². The van der Waals surface area contributed by atoms with E-state index in [1.54, 1.807) is 6.07 Å². The van der Waals surface area contributed by atoms with E-state index in [2.05, 4.69) is 0 Å². The zero-order valence-corrected chi connectivity index (χ0v) is 11.6. The van der Waals surface area contributed by atoms with Gasteiger partial charge in [-0.2, -0.15) is 0 Å². The summed E-state index contributed by atoms with van der Waals surface area (Å²) in [4.78, 5) is 10.8. The van der Waals surface area contributed by atoms with Crippen LogP contribution in [-0.4, -0.2) is 32.8 Å². The molecule has 7 heteroatoms. The van der Waals surface area contributed by atoms with Crippen LogP contribution in [0.2, 0.25) is 0 Å². The number of aromatic carboxylic acids is 1. The summed E-state index contributed by atoms with van der Waals surface area (Å²) in [5.41, 5.74) is 0.407. The van der Waals surface area contributed by atoms with Gasteiger partial charge in [-0.25, -0.2) is 13.2 Å². The lowest BCUT2D eigenvalue weighted by molar-refractivity contribution is 0.0697. The summed E-state index contributed by atoms with van der Waals surface area (Å²) in [6.07, 6.45) is 1.06. The molecule has 0 aliphatic heterocycles. The van der Waals surface area contributed by atoms with Crippen LogP contribution in [0, 0.1) is 3.57 Å². The number of halogens is 1. The van der Waals surface area contributed by atoms with E-state index in [0.29, 0.717) is 9.26 Å². The number of sulfonamides is 1. The number of hydrogen-bond acceptors (Lipinski definition) is 3. The summed E-state index contributed by atoms with van der Waals surface area (Å²) in [6, 6.07) is 4.40. The lowest BCUT2D eigenvalue weighted by Gasteiger charge is -2.17. The molecule has 16 heavy (non-hydrogen) atoms. The van der Waals surface area contributed by atoms with Crippen LogP contribution in [0.4, 0.5) is 5.69 Å². The second-order valence-electron chi connectivity index (χ2n) is 3.23. The van der Waals surface area contributed by atoms with Gasteiger partial charge >= 0.3 is 5.97 Å². The predicted octanol–water partition coefficient (Wildman–Crippen LogP) is 1.39. The summed E-state index contributed by atoms with van der Waals surface area (Å²) in [5.74, 6) is -1.08. The maximum atomic E-state index is 11.3. The highest BCUT2D eigenvalue weighted by molar-refractivity contribution is 14.1. The third kappa shape index (κ3) is 3.08. The number of carboxylic acid groups (broad SMARTS) is 1. The minimum absolute atomic E-state index is 0.0670. The highest BCUT2D eigenvalue weighted by Gasteiger charge is 2.14. The molecule has 0 aliphatic rings. The first kappa shape index (κ1) is 13.2. The average Bonchev–Trinajstić information content (AvgIpc) is 2.14. The summed E-state index contributed by atoms with van der Waals surface area (Å²) in [5, 5.41) is 8.85. The normalized spacial score (nSPS) is 11.2. The Hall–Kier alpha value is -0.830. The molecule has 1 rings (SSSR count). The smallest absolute Gasteiger partial charge is 0.335 e. The average molecular weight is 355 g/mol. The summed E-state index contributed by atoms with van der Waals surface area (Å²) in [6.45, 7) is 0. The standard InChI is InChI=1S/C9H10INO4S/c1-11(16(2,14)15)8-4-6(9(12)13)3-7(10)5-8/h3-5H,1-2H3,(H,12,13).